The SMILES string of the molecule is CC(CCCO)NC(=O)CCc1ncc(-c2ccccc2Cl)o1. The molecule has 5 nitrogen and oxygen atoms in total. The Balaban J connectivity index is 1.85. The zero-order valence-corrected chi connectivity index (χ0v) is 13.8. The van der Waals surface area contributed by atoms with Crippen molar-refractivity contribution in [3.63, 3.8) is 0 Å². The van der Waals surface area contributed by atoms with E-state index in [0.717, 1.165) is 12.0 Å². The summed E-state index contributed by atoms with van der Waals surface area (Å²) in [5.74, 6) is 1.06. The molecule has 0 fully saturated rings. The Morgan fingerprint density at radius 1 is 1.43 bits per heavy atom. The number of hydrogen-bond acceptors (Lipinski definition) is 4. The second-order valence-electron chi connectivity index (χ2n) is 5.43. The van der Waals surface area contributed by atoms with Gasteiger partial charge >= 0.3 is 0 Å². The van der Waals surface area contributed by atoms with E-state index in [4.69, 9.17) is 21.1 Å². The van der Waals surface area contributed by atoms with Crippen molar-refractivity contribution in [3.05, 3.63) is 41.4 Å². The Morgan fingerprint density at radius 3 is 2.96 bits per heavy atom. The number of aromatic nitrogens is 1. The van der Waals surface area contributed by atoms with Crippen molar-refractivity contribution in [1.29, 1.82) is 0 Å². The summed E-state index contributed by atoms with van der Waals surface area (Å²) in [5.41, 5.74) is 0.787. The van der Waals surface area contributed by atoms with Crippen LogP contribution >= 0.6 is 11.6 Å². The Labute approximate surface area is 140 Å². The second-order valence-corrected chi connectivity index (χ2v) is 5.84. The maximum Gasteiger partial charge on any atom is 0.220 e. The summed E-state index contributed by atoms with van der Waals surface area (Å²) in [6.07, 6.45) is 3.81. The molecule has 0 saturated heterocycles. The summed E-state index contributed by atoms with van der Waals surface area (Å²) in [6.45, 7) is 2.07. The number of nitrogens with one attached hydrogen (secondary N) is 1. The number of nitrogens with zero attached hydrogens (tertiary/aromatic N) is 1. The van der Waals surface area contributed by atoms with Crippen LogP contribution in [0.3, 0.4) is 0 Å². The van der Waals surface area contributed by atoms with Gasteiger partial charge in [0.05, 0.1) is 11.2 Å². The molecular formula is C17H21ClN2O3. The molecule has 1 heterocycles. The third-order valence-corrected chi connectivity index (χ3v) is 3.79. The lowest BCUT2D eigenvalue weighted by Gasteiger charge is -2.12. The largest absolute Gasteiger partial charge is 0.441 e. The number of halogens is 1. The number of amides is 1. The third-order valence-electron chi connectivity index (χ3n) is 3.46. The summed E-state index contributed by atoms with van der Waals surface area (Å²) in [5, 5.41) is 12.3. The fourth-order valence-electron chi connectivity index (χ4n) is 2.25. The van der Waals surface area contributed by atoms with E-state index in [1.54, 1.807) is 12.3 Å². The molecule has 1 atom stereocenters. The minimum Gasteiger partial charge on any atom is -0.441 e. The monoisotopic (exact) mass is 336 g/mol. The summed E-state index contributed by atoms with van der Waals surface area (Å²) < 4.78 is 5.66. The fourth-order valence-corrected chi connectivity index (χ4v) is 2.48. The Morgan fingerprint density at radius 2 is 2.22 bits per heavy atom. The average Bonchev–Trinajstić information content (AvgIpc) is 3.00. The van der Waals surface area contributed by atoms with Crippen LogP contribution < -0.4 is 5.32 Å². The zero-order valence-electron chi connectivity index (χ0n) is 13.1. The first-order valence-corrected chi connectivity index (χ1v) is 8.07. The van der Waals surface area contributed by atoms with Crippen molar-refractivity contribution in [2.45, 2.75) is 38.6 Å². The van der Waals surface area contributed by atoms with Crippen LogP contribution in [0.1, 0.15) is 32.1 Å². The number of carbonyl (C=O) groups excluding carboxylic acids is 1. The van der Waals surface area contributed by atoms with Gasteiger partial charge < -0.3 is 14.8 Å². The molecule has 0 aliphatic heterocycles. The van der Waals surface area contributed by atoms with Crippen LogP contribution in [0.2, 0.25) is 5.02 Å². The topological polar surface area (TPSA) is 75.4 Å². The van der Waals surface area contributed by atoms with Crippen LogP contribution in [0, 0.1) is 0 Å². The van der Waals surface area contributed by atoms with Crippen LogP contribution in [-0.2, 0) is 11.2 Å². The van der Waals surface area contributed by atoms with Crippen LogP contribution in [0.4, 0.5) is 0 Å². The van der Waals surface area contributed by atoms with Gasteiger partial charge in [-0.1, -0.05) is 23.7 Å². The number of aryl methyl sites for hydroxylation is 1. The molecule has 23 heavy (non-hydrogen) atoms. The second kappa shape index (κ2) is 8.70. The third kappa shape index (κ3) is 5.37. The molecule has 1 unspecified atom stereocenters. The lowest BCUT2D eigenvalue weighted by molar-refractivity contribution is -0.121. The maximum atomic E-state index is 11.9. The molecule has 0 aliphatic rings. The number of rotatable bonds is 8. The molecule has 0 aliphatic carbocycles. The van der Waals surface area contributed by atoms with E-state index in [2.05, 4.69) is 10.3 Å². The summed E-state index contributed by atoms with van der Waals surface area (Å²) >= 11 is 6.12. The van der Waals surface area contributed by atoms with Crippen LogP contribution in [0.5, 0.6) is 0 Å². The normalized spacial score (nSPS) is 12.1. The Bertz CT molecular complexity index is 642. The van der Waals surface area contributed by atoms with Gasteiger partial charge in [-0.05, 0) is 31.9 Å². The van der Waals surface area contributed by atoms with Crippen LogP contribution in [0.15, 0.2) is 34.9 Å². The molecule has 0 spiro atoms. The molecule has 2 rings (SSSR count). The van der Waals surface area contributed by atoms with Gasteiger partial charge in [0.15, 0.2) is 11.7 Å². The van der Waals surface area contributed by atoms with E-state index in [1.165, 1.54) is 0 Å². The zero-order chi connectivity index (χ0) is 16.7. The predicted molar refractivity (Wildman–Crippen MR) is 89.2 cm³/mol. The van der Waals surface area contributed by atoms with Gasteiger partial charge in [-0.25, -0.2) is 4.98 Å². The molecule has 1 aromatic carbocycles. The molecule has 1 aromatic heterocycles. The first-order chi connectivity index (χ1) is 11.1. The van der Waals surface area contributed by atoms with E-state index in [0.29, 0.717) is 35.9 Å². The highest BCUT2D eigenvalue weighted by Crippen LogP contribution is 2.28. The molecular weight excluding hydrogens is 316 g/mol. The molecule has 0 bridgehead atoms. The van der Waals surface area contributed by atoms with Crippen molar-refractivity contribution in [3.8, 4) is 11.3 Å². The van der Waals surface area contributed by atoms with Crippen molar-refractivity contribution in [2.75, 3.05) is 6.61 Å². The molecule has 124 valence electrons. The highest BCUT2D eigenvalue weighted by molar-refractivity contribution is 6.33. The number of aliphatic hydroxyl groups excluding tert-OH is 1. The lowest BCUT2D eigenvalue weighted by Crippen LogP contribution is -2.32. The predicted octanol–water partition coefficient (Wildman–Crippen LogP) is 3.20. The van der Waals surface area contributed by atoms with Gasteiger partial charge in [-0.2, -0.15) is 0 Å². The number of oxazole rings is 1. The van der Waals surface area contributed by atoms with Crippen LogP contribution in [-0.4, -0.2) is 28.6 Å². The Hall–Kier alpha value is -1.85. The smallest absolute Gasteiger partial charge is 0.220 e. The molecule has 2 N–H and O–H groups in total. The number of hydrogen-bond donors (Lipinski definition) is 2. The van der Waals surface area contributed by atoms with Gasteiger partial charge in [0, 0.05) is 31.1 Å². The van der Waals surface area contributed by atoms with Crippen molar-refractivity contribution >= 4 is 17.5 Å². The number of benzene rings is 1. The molecule has 1 amide bonds. The average molecular weight is 337 g/mol. The van der Waals surface area contributed by atoms with Crippen LogP contribution in [0.25, 0.3) is 11.3 Å². The quantitative estimate of drug-likeness (QED) is 0.776. The minimum absolute atomic E-state index is 0.0482. The first kappa shape index (κ1) is 17.5. The van der Waals surface area contributed by atoms with E-state index in [9.17, 15) is 4.79 Å². The molecule has 0 saturated carbocycles. The molecule has 0 radical (unpaired) electrons. The Kier molecular flexibility index (Phi) is 6.62. The summed E-state index contributed by atoms with van der Waals surface area (Å²) in [4.78, 5) is 16.1. The summed E-state index contributed by atoms with van der Waals surface area (Å²) in [7, 11) is 0. The molecule has 6 heteroatoms. The number of carbonyl (C=O) groups is 1. The lowest BCUT2D eigenvalue weighted by atomic mass is 10.2. The van der Waals surface area contributed by atoms with E-state index < -0.39 is 0 Å². The maximum absolute atomic E-state index is 11.9. The van der Waals surface area contributed by atoms with E-state index >= 15 is 0 Å². The number of aliphatic hydroxyl groups is 1. The standard InChI is InChI=1S/C17H21ClN2O3/c1-12(5-4-10-21)20-16(22)8-9-17-19-11-15(23-17)13-6-2-3-7-14(13)18/h2-3,6-7,11-12,21H,4-5,8-10H2,1H3,(H,20,22). The van der Waals surface area contributed by atoms with Gasteiger partial charge in [0.25, 0.3) is 0 Å². The highest BCUT2D eigenvalue weighted by Gasteiger charge is 2.12. The highest BCUT2D eigenvalue weighted by atomic mass is 35.5. The van der Waals surface area contributed by atoms with Gasteiger partial charge in [-0.15, -0.1) is 0 Å². The van der Waals surface area contributed by atoms with Crippen molar-refractivity contribution < 1.29 is 14.3 Å². The van der Waals surface area contributed by atoms with E-state index in [1.807, 2.05) is 25.1 Å². The fraction of sp³-hybridized carbons (Fsp3) is 0.412. The van der Waals surface area contributed by atoms with Crippen molar-refractivity contribution in [1.82, 2.24) is 10.3 Å². The van der Waals surface area contributed by atoms with Gasteiger partial charge in [0.1, 0.15) is 0 Å². The first-order valence-electron chi connectivity index (χ1n) is 7.70. The van der Waals surface area contributed by atoms with Gasteiger partial charge in [0.2, 0.25) is 5.91 Å². The molecule has 2 aromatic rings. The van der Waals surface area contributed by atoms with E-state index in [-0.39, 0.29) is 18.6 Å². The summed E-state index contributed by atoms with van der Waals surface area (Å²) in [6, 6.07) is 7.44. The minimum atomic E-state index is -0.0482. The van der Waals surface area contributed by atoms with Crippen molar-refractivity contribution in [2.24, 2.45) is 0 Å². The van der Waals surface area contributed by atoms with Gasteiger partial charge in [-0.3, -0.25) is 4.79 Å².